The molecule has 3 aromatic rings. The van der Waals surface area contributed by atoms with E-state index in [1.807, 2.05) is 60.2 Å². The first-order valence-electron chi connectivity index (χ1n) is 7.29. The van der Waals surface area contributed by atoms with E-state index < -0.39 is 0 Å². The van der Waals surface area contributed by atoms with Crippen molar-refractivity contribution >= 4 is 46.3 Å². The number of hydrogen-bond acceptors (Lipinski definition) is 4. The second kappa shape index (κ2) is 7.83. The zero-order valence-electron chi connectivity index (χ0n) is 13.0. The Kier molecular flexibility index (Phi) is 5.56. The predicted molar refractivity (Wildman–Crippen MR) is 103 cm³/mol. The maximum atomic E-state index is 12.2. The molecule has 0 saturated heterocycles. The van der Waals surface area contributed by atoms with Gasteiger partial charge in [-0.3, -0.25) is 4.79 Å². The fourth-order valence-corrected chi connectivity index (χ4v) is 3.82. The van der Waals surface area contributed by atoms with Crippen LogP contribution in [0.5, 0.6) is 0 Å². The van der Waals surface area contributed by atoms with Gasteiger partial charge in [0.05, 0.1) is 17.1 Å². The first-order valence-corrected chi connectivity index (χ1v) is 9.77. The van der Waals surface area contributed by atoms with Crippen molar-refractivity contribution < 1.29 is 4.79 Å². The molecule has 3 rings (SSSR count). The van der Waals surface area contributed by atoms with Crippen LogP contribution in [0.3, 0.4) is 0 Å². The highest BCUT2D eigenvalue weighted by molar-refractivity contribution is 7.98. The highest BCUT2D eigenvalue weighted by Gasteiger charge is 2.11. The Labute approximate surface area is 154 Å². The van der Waals surface area contributed by atoms with Gasteiger partial charge in [-0.25, -0.2) is 4.98 Å². The van der Waals surface area contributed by atoms with Gasteiger partial charge in [-0.05, 0) is 30.5 Å². The summed E-state index contributed by atoms with van der Waals surface area (Å²) in [6.45, 7) is 0. The van der Waals surface area contributed by atoms with Gasteiger partial charge >= 0.3 is 0 Å². The number of thioether (sulfide) groups is 1. The van der Waals surface area contributed by atoms with E-state index >= 15 is 0 Å². The van der Waals surface area contributed by atoms with Gasteiger partial charge in [-0.2, -0.15) is 0 Å². The van der Waals surface area contributed by atoms with Crippen LogP contribution in [0, 0.1) is 0 Å². The molecule has 1 heterocycles. The third-order valence-electron chi connectivity index (χ3n) is 3.35. The monoisotopic (exact) mass is 374 g/mol. The molecule has 0 spiro atoms. The van der Waals surface area contributed by atoms with E-state index in [0.717, 1.165) is 26.8 Å². The number of anilines is 1. The van der Waals surface area contributed by atoms with Crippen molar-refractivity contribution in [3.05, 3.63) is 64.6 Å². The lowest BCUT2D eigenvalue weighted by atomic mass is 10.2. The molecular weight excluding hydrogens is 360 g/mol. The van der Waals surface area contributed by atoms with E-state index in [4.69, 9.17) is 11.6 Å². The Hall–Kier alpha value is -1.82. The molecule has 0 unspecified atom stereocenters. The van der Waals surface area contributed by atoms with E-state index in [1.54, 1.807) is 11.8 Å². The predicted octanol–water partition coefficient (Wildman–Crippen LogP) is 5.37. The minimum absolute atomic E-state index is 0.0794. The topological polar surface area (TPSA) is 42.0 Å². The number of halogens is 1. The van der Waals surface area contributed by atoms with Gasteiger partial charge in [0.2, 0.25) is 5.91 Å². The number of thiazole rings is 1. The Balaban J connectivity index is 1.68. The molecule has 0 radical (unpaired) electrons. The Morgan fingerprint density at radius 2 is 2.08 bits per heavy atom. The fraction of sp³-hybridized carbons (Fsp3) is 0.111. The molecule has 2 aromatic carbocycles. The van der Waals surface area contributed by atoms with Crippen LogP contribution in [0.25, 0.3) is 10.6 Å². The number of rotatable bonds is 5. The number of carbonyl (C=O) groups is 1. The lowest BCUT2D eigenvalue weighted by Crippen LogP contribution is -2.14. The molecule has 0 fully saturated rings. The number of amides is 1. The Morgan fingerprint density at radius 3 is 2.88 bits per heavy atom. The summed E-state index contributed by atoms with van der Waals surface area (Å²) in [6.07, 6.45) is 2.25. The first kappa shape index (κ1) is 17.0. The zero-order chi connectivity index (χ0) is 16.9. The van der Waals surface area contributed by atoms with E-state index in [2.05, 4.69) is 10.3 Å². The molecule has 0 aliphatic carbocycles. The van der Waals surface area contributed by atoms with Crippen LogP contribution in [0.1, 0.15) is 5.69 Å². The van der Waals surface area contributed by atoms with Crippen molar-refractivity contribution in [2.75, 3.05) is 11.6 Å². The molecule has 6 heteroatoms. The highest BCUT2D eigenvalue weighted by atomic mass is 35.5. The number of nitrogens with zero attached hydrogens (tertiary/aromatic N) is 1. The molecule has 0 saturated carbocycles. The minimum atomic E-state index is -0.0794. The number of nitrogens with one attached hydrogen (secondary N) is 1. The van der Waals surface area contributed by atoms with Crippen molar-refractivity contribution in [3.8, 4) is 10.6 Å². The lowest BCUT2D eigenvalue weighted by molar-refractivity contribution is -0.115. The molecule has 0 bridgehead atoms. The second-order valence-corrected chi connectivity index (χ2v) is 7.23. The second-order valence-electron chi connectivity index (χ2n) is 5.08. The van der Waals surface area contributed by atoms with Crippen LogP contribution in [0.2, 0.25) is 5.02 Å². The molecular formula is C18H15ClN2OS2. The van der Waals surface area contributed by atoms with E-state index in [9.17, 15) is 4.79 Å². The maximum absolute atomic E-state index is 12.2. The van der Waals surface area contributed by atoms with E-state index in [1.165, 1.54) is 11.3 Å². The average Bonchev–Trinajstić information content (AvgIpc) is 3.03. The molecule has 24 heavy (non-hydrogen) atoms. The summed E-state index contributed by atoms with van der Waals surface area (Å²) in [7, 11) is 0. The largest absolute Gasteiger partial charge is 0.326 e. The van der Waals surface area contributed by atoms with Gasteiger partial charge in [0.15, 0.2) is 0 Å². The summed E-state index contributed by atoms with van der Waals surface area (Å²) in [6, 6.07) is 15.4. The number of benzene rings is 2. The summed E-state index contributed by atoms with van der Waals surface area (Å²) in [5.41, 5.74) is 2.44. The maximum Gasteiger partial charge on any atom is 0.230 e. The van der Waals surface area contributed by atoms with Crippen LogP contribution in [0.4, 0.5) is 5.69 Å². The van der Waals surface area contributed by atoms with Crippen LogP contribution >= 0.6 is 34.7 Å². The van der Waals surface area contributed by atoms with Crippen molar-refractivity contribution in [1.29, 1.82) is 0 Å². The van der Waals surface area contributed by atoms with E-state index in [-0.39, 0.29) is 12.3 Å². The quantitative estimate of drug-likeness (QED) is 0.610. The van der Waals surface area contributed by atoms with Gasteiger partial charge in [0.1, 0.15) is 5.01 Å². The van der Waals surface area contributed by atoms with E-state index in [0.29, 0.717) is 5.02 Å². The van der Waals surface area contributed by atoms with Crippen molar-refractivity contribution in [2.24, 2.45) is 0 Å². The molecule has 0 aliphatic rings. The molecule has 122 valence electrons. The van der Waals surface area contributed by atoms with Crippen molar-refractivity contribution in [2.45, 2.75) is 11.3 Å². The highest BCUT2D eigenvalue weighted by Crippen LogP contribution is 2.30. The molecule has 0 aliphatic heterocycles. The van der Waals surface area contributed by atoms with Gasteiger partial charge in [0.25, 0.3) is 0 Å². The third-order valence-corrected chi connectivity index (χ3v) is 5.33. The van der Waals surface area contributed by atoms with Crippen LogP contribution in [-0.2, 0) is 11.2 Å². The number of aromatic nitrogens is 1. The van der Waals surface area contributed by atoms with Crippen LogP contribution in [-0.4, -0.2) is 17.1 Å². The SMILES string of the molecule is CSc1cccc(NC(=O)Cc2csc(-c3ccccc3Cl)n2)c1. The molecule has 1 N–H and O–H groups in total. The lowest BCUT2D eigenvalue weighted by Gasteiger charge is -2.05. The standard InChI is InChI=1S/C18H15ClN2OS2/c1-23-14-6-4-5-12(9-14)20-17(22)10-13-11-24-18(21-13)15-7-2-3-8-16(15)19/h2-9,11H,10H2,1H3,(H,20,22). The third kappa shape index (κ3) is 4.17. The Bertz CT molecular complexity index is 863. The summed E-state index contributed by atoms with van der Waals surface area (Å²) >= 11 is 9.33. The average molecular weight is 375 g/mol. The molecule has 1 aromatic heterocycles. The normalized spacial score (nSPS) is 10.6. The van der Waals surface area contributed by atoms with Gasteiger partial charge in [0, 0.05) is 21.5 Å². The summed E-state index contributed by atoms with van der Waals surface area (Å²) < 4.78 is 0. The van der Waals surface area contributed by atoms with Crippen molar-refractivity contribution in [1.82, 2.24) is 4.98 Å². The smallest absolute Gasteiger partial charge is 0.230 e. The fourth-order valence-electron chi connectivity index (χ4n) is 2.22. The number of carbonyl (C=O) groups excluding carboxylic acids is 1. The first-order chi connectivity index (χ1) is 11.7. The summed E-state index contributed by atoms with van der Waals surface area (Å²) in [5, 5.41) is 6.30. The van der Waals surface area contributed by atoms with Gasteiger partial charge in [-0.15, -0.1) is 23.1 Å². The van der Waals surface area contributed by atoms with Crippen LogP contribution in [0.15, 0.2) is 58.8 Å². The molecule has 1 amide bonds. The van der Waals surface area contributed by atoms with Gasteiger partial charge in [-0.1, -0.05) is 35.9 Å². The van der Waals surface area contributed by atoms with Crippen LogP contribution < -0.4 is 5.32 Å². The molecule has 0 atom stereocenters. The molecule has 3 nitrogen and oxygen atoms in total. The zero-order valence-corrected chi connectivity index (χ0v) is 15.3. The Morgan fingerprint density at radius 1 is 1.25 bits per heavy atom. The summed E-state index contributed by atoms with van der Waals surface area (Å²) in [5.74, 6) is -0.0794. The van der Waals surface area contributed by atoms with Gasteiger partial charge < -0.3 is 5.32 Å². The summed E-state index contributed by atoms with van der Waals surface area (Å²) in [4.78, 5) is 17.9. The minimum Gasteiger partial charge on any atom is -0.326 e. The number of hydrogen-bond donors (Lipinski definition) is 1. The van der Waals surface area contributed by atoms with Crippen molar-refractivity contribution in [3.63, 3.8) is 0 Å².